The number of aromatic nitrogens is 5. The lowest BCUT2D eigenvalue weighted by Gasteiger charge is -2.16. The number of hydrogen-bond donors (Lipinski definition) is 1. The Kier molecular flexibility index (Phi) is 8.18. The molecule has 0 amide bonds. The third-order valence-electron chi connectivity index (χ3n) is 6.65. The maximum Gasteiger partial charge on any atom is 0.573 e. The Balaban J connectivity index is 1.72. The van der Waals surface area contributed by atoms with Gasteiger partial charge in [0.1, 0.15) is 5.75 Å². The van der Waals surface area contributed by atoms with E-state index >= 15 is 0 Å². The summed E-state index contributed by atoms with van der Waals surface area (Å²) < 4.78 is 110. The van der Waals surface area contributed by atoms with Gasteiger partial charge in [0.05, 0.1) is 34.8 Å². The van der Waals surface area contributed by atoms with Gasteiger partial charge in [-0.25, -0.2) is 13.1 Å². The third kappa shape index (κ3) is 6.67. The highest BCUT2D eigenvalue weighted by molar-refractivity contribution is 7.90. The first kappa shape index (κ1) is 32.0. The summed E-state index contributed by atoms with van der Waals surface area (Å²) in [5.74, 6) is -0.479. The number of ether oxygens (including phenoxy) is 1. The number of nitrogens with zero attached hydrogens (tertiary/aromatic N) is 5. The maximum atomic E-state index is 13.5. The predicted molar refractivity (Wildman–Crippen MR) is 150 cm³/mol. The average Bonchev–Trinajstić information content (AvgIpc) is 3.58. The van der Waals surface area contributed by atoms with Gasteiger partial charge in [-0.05, 0) is 59.7 Å². The molecule has 9 nitrogen and oxygen atoms in total. The second-order valence-corrected chi connectivity index (χ2v) is 12.1. The maximum absolute atomic E-state index is 13.5. The summed E-state index contributed by atoms with van der Waals surface area (Å²) >= 11 is 6.33. The zero-order chi connectivity index (χ0) is 32.9. The summed E-state index contributed by atoms with van der Waals surface area (Å²) in [5.41, 5.74) is 0.469. The van der Waals surface area contributed by atoms with Gasteiger partial charge < -0.3 is 9.84 Å². The van der Waals surface area contributed by atoms with Crippen LogP contribution >= 0.6 is 11.6 Å². The number of aliphatic hydroxyl groups excluding tert-OH is 1. The SMILES string of the molecule is Cn1nc(C(F)(F)F)cc1-c1ccc(-c2cc(Cl)c(CO)c(S(C)(=O)=O)c2)cc1-n1nncc1-c1ccc(OC(F)(F)F)cc1. The lowest BCUT2D eigenvalue weighted by Crippen LogP contribution is -2.16. The Morgan fingerprint density at radius 1 is 0.911 bits per heavy atom. The number of alkyl halides is 6. The molecule has 3 aromatic carbocycles. The number of halogens is 7. The van der Waals surface area contributed by atoms with Gasteiger partial charge in [0, 0.05) is 35.0 Å². The summed E-state index contributed by atoms with van der Waals surface area (Å²) in [4.78, 5) is -0.220. The van der Waals surface area contributed by atoms with E-state index in [2.05, 4.69) is 20.1 Å². The first-order chi connectivity index (χ1) is 21.0. The topological polar surface area (TPSA) is 112 Å². The standard InChI is InChI=1S/C28H20ClF6N5O4S/c1-39-22(12-26(37-39)27(30,31)32)19-8-5-16(17-9-21(29)20(14-41)25(11-17)45(2,42)43)10-23(19)40-24(13-36-38-40)15-3-6-18(7-4-15)44-28(33,34)35/h3-13,41H,14H2,1-2H3. The molecule has 1 N–H and O–H groups in total. The van der Waals surface area contributed by atoms with E-state index < -0.39 is 40.4 Å². The molecule has 2 heterocycles. The van der Waals surface area contributed by atoms with Gasteiger partial charge in [0.25, 0.3) is 0 Å². The molecule has 0 bridgehead atoms. The van der Waals surface area contributed by atoms with Crippen molar-refractivity contribution >= 4 is 21.4 Å². The van der Waals surface area contributed by atoms with E-state index in [1.165, 1.54) is 60.4 Å². The Morgan fingerprint density at radius 2 is 1.58 bits per heavy atom. The van der Waals surface area contributed by atoms with Crippen molar-refractivity contribution in [3.05, 3.63) is 83.1 Å². The molecule has 0 aliphatic carbocycles. The average molecular weight is 672 g/mol. The zero-order valence-electron chi connectivity index (χ0n) is 23.0. The highest BCUT2D eigenvalue weighted by Crippen LogP contribution is 2.38. The van der Waals surface area contributed by atoms with Crippen molar-refractivity contribution in [3.8, 4) is 45.1 Å². The lowest BCUT2D eigenvalue weighted by molar-refractivity contribution is -0.274. The Hall–Kier alpha value is -4.41. The summed E-state index contributed by atoms with van der Waals surface area (Å²) in [6, 6.07) is 12.9. The second-order valence-electron chi connectivity index (χ2n) is 9.74. The van der Waals surface area contributed by atoms with Crippen LogP contribution in [0.4, 0.5) is 26.3 Å². The molecule has 0 saturated heterocycles. The van der Waals surface area contributed by atoms with Crippen LogP contribution in [0, 0.1) is 0 Å². The fourth-order valence-electron chi connectivity index (χ4n) is 4.66. The van der Waals surface area contributed by atoms with Crippen molar-refractivity contribution in [3.63, 3.8) is 0 Å². The highest BCUT2D eigenvalue weighted by atomic mass is 35.5. The van der Waals surface area contributed by atoms with Crippen LogP contribution in [-0.4, -0.2) is 50.9 Å². The van der Waals surface area contributed by atoms with Crippen molar-refractivity contribution < 1.29 is 44.6 Å². The Bertz CT molecular complexity index is 2010. The Morgan fingerprint density at radius 3 is 2.16 bits per heavy atom. The van der Waals surface area contributed by atoms with Crippen LogP contribution in [0.15, 0.2) is 71.8 Å². The van der Waals surface area contributed by atoms with Crippen molar-refractivity contribution in [1.29, 1.82) is 0 Å². The van der Waals surface area contributed by atoms with Crippen molar-refractivity contribution in [2.75, 3.05) is 6.26 Å². The molecule has 0 fully saturated rings. The van der Waals surface area contributed by atoms with Gasteiger partial charge in [-0.15, -0.1) is 18.3 Å². The summed E-state index contributed by atoms with van der Waals surface area (Å²) in [5, 5.41) is 21.3. The van der Waals surface area contributed by atoms with Gasteiger partial charge >= 0.3 is 12.5 Å². The van der Waals surface area contributed by atoms with E-state index in [1.54, 1.807) is 0 Å². The van der Waals surface area contributed by atoms with Crippen LogP contribution in [-0.2, 0) is 29.7 Å². The Labute approximate surface area is 256 Å². The van der Waals surface area contributed by atoms with Crippen molar-refractivity contribution in [1.82, 2.24) is 24.8 Å². The minimum Gasteiger partial charge on any atom is -0.406 e. The molecule has 236 valence electrons. The molecule has 2 aromatic heterocycles. The fraction of sp³-hybridized carbons (Fsp3) is 0.179. The molecule has 0 saturated carbocycles. The van der Waals surface area contributed by atoms with Crippen molar-refractivity contribution in [2.45, 2.75) is 24.0 Å². The zero-order valence-corrected chi connectivity index (χ0v) is 24.6. The van der Waals surface area contributed by atoms with Crippen molar-refractivity contribution in [2.24, 2.45) is 7.05 Å². The smallest absolute Gasteiger partial charge is 0.406 e. The van der Waals surface area contributed by atoms with Crippen LogP contribution in [0.5, 0.6) is 5.75 Å². The molecule has 17 heteroatoms. The van der Waals surface area contributed by atoms with Crippen LogP contribution < -0.4 is 4.74 Å². The number of sulfone groups is 1. The molecule has 0 spiro atoms. The normalized spacial score (nSPS) is 12.5. The third-order valence-corrected chi connectivity index (χ3v) is 8.15. The number of hydrogen-bond acceptors (Lipinski definition) is 7. The second kappa shape index (κ2) is 11.5. The first-order valence-corrected chi connectivity index (χ1v) is 14.9. The van der Waals surface area contributed by atoms with Gasteiger partial charge in [0.2, 0.25) is 0 Å². The molecule has 0 radical (unpaired) electrons. The first-order valence-electron chi connectivity index (χ1n) is 12.6. The number of benzene rings is 3. The lowest BCUT2D eigenvalue weighted by atomic mass is 9.99. The summed E-state index contributed by atoms with van der Waals surface area (Å²) in [6.45, 7) is -0.650. The molecule has 0 atom stereocenters. The van der Waals surface area contributed by atoms with E-state index in [4.69, 9.17) is 11.6 Å². The molecule has 0 unspecified atom stereocenters. The van der Waals surface area contributed by atoms with Crippen LogP contribution in [0.3, 0.4) is 0 Å². The van der Waals surface area contributed by atoms with E-state index in [9.17, 15) is 39.9 Å². The molecule has 0 aliphatic heterocycles. The van der Waals surface area contributed by atoms with Crippen LogP contribution in [0.1, 0.15) is 11.3 Å². The summed E-state index contributed by atoms with van der Waals surface area (Å²) in [7, 11) is -2.53. The van der Waals surface area contributed by atoms with E-state index in [0.29, 0.717) is 16.7 Å². The quantitative estimate of drug-likeness (QED) is 0.198. The molecule has 5 aromatic rings. The van der Waals surface area contributed by atoms with E-state index in [0.717, 1.165) is 29.1 Å². The van der Waals surface area contributed by atoms with Gasteiger partial charge in [-0.2, -0.15) is 18.3 Å². The minimum atomic E-state index is -4.91. The van der Waals surface area contributed by atoms with Crippen LogP contribution in [0.2, 0.25) is 5.02 Å². The highest BCUT2D eigenvalue weighted by Gasteiger charge is 2.35. The van der Waals surface area contributed by atoms with Gasteiger partial charge in [0.15, 0.2) is 15.5 Å². The number of aryl methyl sites for hydroxylation is 1. The monoisotopic (exact) mass is 671 g/mol. The molecular formula is C28H20ClF6N5O4S. The van der Waals surface area contributed by atoms with Gasteiger partial charge in [-0.3, -0.25) is 4.68 Å². The fourth-order valence-corrected chi connectivity index (χ4v) is 5.96. The molecule has 5 rings (SSSR count). The largest absolute Gasteiger partial charge is 0.573 e. The molecular weight excluding hydrogens is 652 g/mol. The number of aliphatic hydroxyl groups is 1. The van der Waals surface area contributed by atoms with E-state index in [1.807, 2.05) is 0 Å². The minimum absolute atomic E-state index is 0.00848. The summed E-state index contributed by atoms with van der Waals surface area (Å²) in [6.07, 6.45) is -7.41. The molecule has 45 heavy (non-hydrogen) atoms. The van der Waals surface area contributed by atoms with E-state index in [-0.39, 0.29) is 38.1 Å². The van der Waals surface area contributed by atoms with Crippen LogP contribution in [0.25, 0.3) is 39.3 Å². The predicted octanol–water partition coefficient (Wildman–Crippen LogP) is 6.47. The molecule has 0 aliphatic rings. The van der Waals surface area contributed by atoms with Gasteiger partial charge in [-0.1, -0.05) is 28.9 Å². The number of rotatable bonds is 7.